The van der Waals surface area contributed by atoms with Gasteiger partial charge in [0.25, 0.3) is 0 Å². The van der Waals surface area contributed by atoms with Gasteiger partial charge >= 0.3 is 0 Å². The minimum Gasteiger partial charge on any atom is -0.360 e. The van der Waals surface area contributed by atoms with Crippen LogP contribution in [0.1, 0.15) is 30.3 Å². The molecule has 0 bridgehead atoms. The molecule has 4 heteroatoms. The summed E-state index contributed by atoms with van der Waals surface area (Å²) in [6.45, 7) is 5.21. The first-order valence-corrected chi connectivity index (χ1v) is 7.18. The second-order valence-corrected chi connectivity index (χ2v) is 5.12. The number of aryl methyl sites for hydroxylation is 2. The van der Waals surface area contributed by atoms with Gasteiger partial charge in [-0.1, -0.05) is 31.2 Å². The maximum absolute atomic E-state index is 4.45. The van der Waals surface area contributed by atoms with Crippen LogP contribution in [0.4, 0.5) is 5.13 Å². The van der Waals surface area contributed by atoms with E-state index in [2.05, 4.69) is 52.8 Å². The first-order chi connectivity index (χ1) is 8.79. The average molecular weight is 261 g/mol. The maximum atomic E-state index is 4.45. The summed E-state index contributed by atoms with van der Waals surface area (Å²) in [6.07, 6.45) is 3.09. The largest absolute Gasteiger partial charge is 0.360 e. The van der Waals surface area contributed by atoms with Gasteiger partial charge in [0.15, 0.2) is 0 Å². The van der Waals surface area contributed by atoms with E-state index in [4.69, 9.17) is 0 Å². The number of aromatic nitrogens is 2. The molecule has 0 spiro atoms. The molecule has 0 aliphatic carbocycles. The average Bonchev–Trinajstić information content (AvgIpc) is 2.80. The van der Waals surface area contributed by atoms with Crippen molar-refractivity contribution in [3.8, 4) is 0 Å². The second-order valence-electron chi connectivity index (χ2n) is 4.37. The third kappa shape index (κ3) is 3.53. The monoisotopic (exact) mass is 261 g/mol. The highest BCUT2D eigenvalue weighted by atomic mass is 32.1. The number of rotatable bonds is 6. The lowest BCUT2D eigenvalue weighted by Crippen LogP contribution is -2.05. The Balaban J connectivity index is 1.83. The summed E-state index contributed by atoms with van der Waals surface area (Å²) >= 11 is 1.46. The summed E-state index contributed by atoms with van der Waals surface area (Å²) in [7, 11) is 0. The number of nitrogens with zero attached hydrogens (tertiary/aromatic N) is 2. The van der Waals surface area contributed by atoms with Gasteiger partial charge in [-0.3, -0.25) is 0 Å². The summed E-state index contributed by atoms with van der Waals surface area (Å²) in [5, 5.41) is 4.28. The fourth-order valence-electron chi connectivity index (χ4n) is 1.85. The van der Waals surface area contributed by atoms with Crippen molar-refractivity contribution < 1.29 is 0 Å². The van der Waals surface area contributed by atoms with Crippen LogP contribution in [0.25, 0.3) is 0 Å². The maximum Gasteiger partial charge on any atom is 0.202 e. The summed E-state index contributed by atoms with van der Waals surface area (Å²) in [5.74, 6) is 0.959. The molecular weight excluding hydrogens is 242 g/mol. The number of hydrogen-bond donors (Lipinski definition) is 1. The Bertz CT molecular complexity index is 493. The molecule has 3 nitrogen and oxygen atoms in total. The highest BCUT2D eigenvalue weighted by Crippen LogP contribution is 2.13. The Labute approximate surface area is 112 Å². The van der Waals surface area contributed by atoms with Crippen molar-refractivity contribution in [1.82, 2.24) is 9.36 Å². The van der Waals surface area contributed by atoms with E-state index < -0.39 is 0 Å². The SMILES string of the molecule is CCCc1nsc(NCCc2ccccc2C)n1. The molecule has 18 heavy (non-hydrogen) atoms. The van der Waals surface area contributed by atoms with Crippen LogP contribution in [-0.2, 0) is 12.8 Å². The first kappa shape index (κ1) is 13.0. The van der Waals surface area contributed by atoms with Crippen molar-refractivity contribution in [2.75, 3.05) is 11.9 Å². The van der Waals surface area contributed by atoms with Crippen molar-refractivity contribution in [2.24, 2.45) is 0 Å². The number of nitrogens with one attached hydrogen (secondary N) is 1. The van der Waals surface area contributed by atoms with Gasteiger partial charge in [0.2, 0.25) is 5.13 Å². The number of anilines is 1. The lowest BCUT2D eigenvalue weighted by atomic mass is 10.1. The molecule has 0 fully saturated rings. The summed E-state index contributed by atoms with van der Waals surface area (Å²) in [6, 6.07) is 8.50. The van der Waals surface area contributed by atoms with E-state index in [-0.39, 0.29) is 0 Å². The topological polar surface area (TPSA) is 37.8 Å². The van der Waals surface area contributed by atoms with Crippen LogP contribution in [0, 0.1) is 6.92 Å². The lowest BCUT2D eigenvalue weighted by Gasteiger charge is -2.05. The van der Waals surface area contributed by atoms with Crippen LogP contribution in [0.3, 0.4) is 0 Å². The van der Waals surface area contributed by atoms with Crippen molar-refractivity contribution in [3.05, 3.63) is 41.2 Å². The van der Waals surface area contributed by atoms with Gasteiger partial charge in [0.1, 0.15) is 5.82 Å². The molecule has 2 aromatic rings. The Morgan fingerprint density at radius 2 is 2.06 bits per heavy atom. The van der Waals surface area contributed by atoms with E-state index in [1.807, 2.05) is 0 Å². The minimum atomic E-state index is 0.908. The summed E-state index contributed by atoms with van der Waals surface area (Å²) in [4.78, 5) is 4.45. The summed E-state index contributed by atoms with van der Waals surface area (Å²) in [5.41, 5.74) is 2.74. The Morgan fingerprint density at radius 1 is 1.22 bits per heavy atom. The first-order valence-electron chi connectivity index (χ1n) is 6.40. The second kappa shape index (κ2) is 6.50. The molecule has 0 atom stereocenters. The molecule has 2 rings (SSSR count). The molecule has 0 amide bonds. The van der Waals surface area contributed by atoms with Crippen molar-refractivity contribution >= 4 is 16.7 Å². The molecule has 1 aromatic heterocycles. The molecule has 0 unspecified atom stereocenters. The van der Waals surface area contributed by atoms with Crippen molar-refractivity contribution in [3.63, 3.8) is 0 Å². The predicted molar refractivity (Wildman–Crippen MR) is 77.3 cm³/mol. The molecule has 0 saturated heterocycles. The van der Waals surface area contributed by atoms with Gasteiger partial charge in [0, 0.05) is 24.5 Å². The van der Waals surface area contributed by atoms with E-state index in [9.17, 15) is 0 Å². The van der Waals surface area contributed by atoms with E-state index in [0.717, 1.165) is 36.8 Å². The predicted octanol–water partition coefficient (Wildman–Crippen LogP) is 3.45. The molecular formula is C14H19N3S. The molecule has 0 aliphatic rings. The highest BCUT2D eigenvalue weighted by molar-refractivity contribution is 7.09. The van der Waals surface area contributed by atoms with E-state index in [1.165, 1.54) is 22.7 Å². The van der Waals surface area contributed by atoms with Crippen LogP contribution < -0.4 is 5.32 Å². The molecule has 1 N–H and O–H groups in total. The molecule has 0 radical (unpaired) electrons. The molecule has 0 saturated carbocycles. The third-order valence-electron chi connectivity index (χ3n) is 2.87. The third-order valence-corrected chi connectivity index (χ3v) is 3.58. The quantitative estimate of drug-likeness (QED) is 0.865. The molecule has 1 aromatic carbocycles. The normalized spacial score (nSPS) is 10.6. The Hall–Kier alpha value is -1.42. The number of benzene rings is 1. The molecule has 1 heterocycles. The van der Waals surface area contributed by atoms with Crippen molar-refractivity contribution in [1.29, 1.82) is 0 Å². The van der Waals surface area contributed by atoms with E-state index in [0.29, 0.717) is 0 Å². The zero-order valence-corrected chi connectivity index (χ0v) is 11.8. The van der Waals surface area contributed by atoms with Crippen LogP contribution in [0.2, 0.25) is 0 Å². The minimum absolute atomic E-state index is 0.908. The van der Waals surface area contributed by atoms with Gasteiger partial charge in [-0.2, -0.15) is 4.37 Å². The van der Waals surface area contributed by atoms with Gasteiger partial charge in [-0.05, 0) is 30.9 Å². The fourth-order valence-corrected chi connectivity index (χ4v) is 2.48. The van der Waals surface area contributed by atoms with Crippen molar-refractivity contribution in [2.45, 2.75) is 33.1 Å². The van der Waals surface area contributed by atoms with Gasteiger partial charge in [-0.25, -0.2) is 4.98 Å². The zero-order valence-electron chi connectivity index (χ0n) is 10.9. The number of hydrogen-bond acceptors (Lipinski definition) is 4. The van der Waals surface area contributed by atoms with E-state index >= 15 is 0 Å². The summed E-state index contributed by atoms with van der Waals surface area (Å²) < 4.78 is 4.32. The highest BCUT2D eigenvalue weighted by Gasteiger charge is 2.02. The smallest absolute Gasteiger partial charge is 0.202 e. The van der Waals surface area contributed by atoms with Gasteiger partial charge in [0.05, 0.1) is 0 Å². The fraction of sp³-hybridized carbons (Fsp3) is 0.429. The van der Waals surface area contributed by atoms with Crippen LogP contribution >= 0.6 is 11.5 Å². The standard InChI is InChI=1S/C14H19N3S/c1-3-6-13-16-14(18-17-13)15-10-9-12-8-5-4-7-11(12)2/h4-5,7-8H,3,6,9-10H2,1-2H3,(H,15,16,17). The van der Waals surface area contributed by atoms with Crippen LogP contribution in [0.15, 0.2) is 24.3 Å². The Morgan fingerprint density at radius 3 is 2.83 bits per heavy atom. The zero-order chi connectivity index (χ0) is 12.8. The van der Waals surface area contributed by atoms with Gasteiger partial charge < -0.3 is 5.32 Å². The van der Waals surface area contributed by atoms with Crippen LogP contribution in [0.5, 0.6) is 0 Å². The van der Waals surface area contributed by atoms with E-state index in [1.54, 1.807) is 0 Å². The molecule has 96 valence electrons. The van der Waals surface area contributed by atoms with Gasteiger partial charge in [-0.15, -0.1) is 0 Å². The lowest BCUT2D eigenvalue weighted by molar-refractivity contribution is 0.860. The van der Waals surface area contributed by atoms with Crippen LogP contribution in [-0.4, -0.2) is 15.9 Å². The molecule has 0 aliphatic heterocycles. The Kier molecular flexibility index (Phi) is 4.70.